The van der Waals surface area contributed by atoms with E-state index in [4.69, 9.17) is 5.11 Å². The number of carbonyl (C=O) groups excluding carboxylic acids is 1. The first-order valence-corrected chi connectivity index (χ1v) is 7.95. The van der Waals surface area contributed by atoms with Crippen molar-refractivity contribution >= 4 is 23.3 Å². The third kappa shape index (κ3) is 5.04. The van der Waals surface area contributed by atoms with Crippen molar-refractivity contribution in [2.45, 2.75) is 33.1 Å². The zero-order valence-corrected chi connectivity index (χ0v) is 13.9. The van der Waals surface area contributed by atoms with Crippen LogP contribution >= 0.6 is 11.3 Å². The number of aliphatic carboxylic acids is 1. The van der Waals surface area contributed by atoms with Crippen LogP contribution in [0.1, 0.15) is 32.6 Å². The Kier molecular flexibility index (Phi) is 6.20. The Labute approximate surface area is 130 Å². The molecule has 0 aliphatic heterocycles. The highest BCUT2D eigenvalue weighted by atomic mass is 32.1. The minimum Gasteiger partial charge on any atom is -0.481 e. The van der Waals surface area contributed by atoms with Gasteiger partial charge in [0.25, 0.3) is 0 Å². The Bertz CT molecular complexity index is 471. The minimum atomic E-state index is -0.889. The summed E-state index contributed by atoms with van der Waals surface area (Å²) in [6, 6.07) is 3.84. The molecule has 0 saturated heterocycles. The largest absolute Gasteiger partial charge is 0.481 e. The van der Waals surface area contributed by atoms with Crippen LogP contribution in [0.4, 0.5) is 4.79 Å². The number of hydrogen-bond acceptors (Lipinski definition) is 3. The van der Waals surface area contributed by atoms with Gasteiger partial charge in [0.05, 0.1) is 5.92 Å². The summed E-state index contributed by atoms with van der Waals surface area (Å²) in [5, 5.41) is 13.9. The molecule has 1 aromatic heterocycles. The first-order valence-electron chi connectivity index (χ1n) is 7.07. The number of carbonyl (C=O) groups is 2. The first kappa shape index (κ1) is 17.5. The van der Waals surface area contributed by atoms with Gasteiger partial charge in [0.15, 0.2) is 0 Å². The second-order valence-electron chi connectivity index (χ2n) is 5.80. The molecule has 1 rings (SSSR count). The number of amides is 2. The quantitative estimate of drug-likeness (QED) is 0.813. The molecule has 0 aromatic carbocycles. The van der Waals surface area contributed by atoms with Crippen molar-refractivity contribution in [1.82, 2.24) is 10.2 Å². The zero-order valence-electron chi connectivity index (χ0n) is 13.0. The molecule has 0 aliphatic carbocycles. The summed E-state index contributed by atoms with van der Waals surface area (Å²) in [4.78, 5) is 25.8. The number of hydrogen-bond donors (Lipinski definition) is 2. The SMILES string of the molecule is CCN(CC(C)C(=O)O)C(=O)NCC(C)(C)c1cccs1. The molecule has 21 heavy (non-hydrogen) atoms. The fraction of sp³-hybridized carbons (Fsp3) is 0.600. The van der Waals surface area contributed by atoms with Crippen LogP contribution in [0.3, 0.4) is 0 Å². The number of carboxylic acid groups (broad SMARTS) is 1. The Morgan fingerprint density at radius 3 is 2.62 bits per heavy atom. The lowest BCUT2D eigenvalue weighted by Crippen LogP contribution is -2.46. The maximum absolute atomic E-state index is 12.2. The molecule has 0 spiro atoms. The van der Waals surface area contributed by atoms with Gasteiger partial charge in [0.1, 0.15) is 0 Å². The molecule has 1 unspecified atom stereocenters. The van der Waals surface area contributed by atoms with Crippen LogP contribution in [0.15, 0.2) is 17.5 Å². The molecule has 0 radical (unpaired) electrons. The molecule has 1 atom stereocenters. The predicted octanol–water partition coefficient (Wildman–Crippen LogP) is 2.78. The van der Waals surface area contributed by atoms with E-state index in [1.165, 1.54) is 9.78 Å². The van der Waals surface area contributed by atoms with Gasteiger partial charge in [-0.3, -0.25) is 4.79 Å². The fourth-order valence-electron chi connectivity index (χ4n) is 1.92. The van der Waals surface area contributed by atoms with E-state index in [9.17, 15) is 9.59 Å². The van der Waals surface area contributed by atoms with Crippen molar-refractivity contribution in [2.75, 3.05) is 19.6 Å². The molecule has 1 heterocycles. The molecular weight excluding hydrogens is 288 g/mol. The Hall–Kier alpha value is -1.56. The number of urea groups is 1. The summed E-state index contributed by atoms with van der Waals surface area (Å²) in [5.74, 6) is -1.46. The molecule has 2 N–H and O–H groups in total. The molecule has 5 nitrogen and oxygen atoms in total. The van der Waals surface area contributed by atoms with Gasteiger partial charge in [0.2, 0.25) is 0 Å². The summed E-state index contributed by atoms with van der Waals surface area (Å²) >= 11 is 1.67. The van der Waals surface area contributed by atoms with E-state index in [-0.39, 0.29) is 18.0 Å². The highest BCUT2D eigenvalue weighted by Crippen LogP contribution is 2.26. The van der Waals surface area contributed by atoms with Crippen molar-refractivity contribution in [3.8, 4) is 0 Å². The molecule has 0 bridgehead atoms. The maximum atomic E-state index is 12.2. The highest BCUT2D eigenvalue weighted by molar-refractivity contribution is 7.10. The number of rotatable bonds is 7. The van der Waals surface area contributed by atoms with Crippen molar-refractivity contribution in [1.29, 1.82) is 0 Å². The standard InChI is InChI=1S/C15H24N2O3S/c1-5-17(9-11(2)13(18)19)14(20)16-10-15(3,4)12-7-6-8-21-12/h6-8,11H,5,9-10H2,1-4H3,(H,16,20)(H,18,19). The van der Waals surface area contributed by atoms with Crippen molar-refractivity contribution in [2.24, 2.45) is 5.92 Å². The van der Waals surface area contributed by atoms with E-state index in [1.54, 1.807) is 18.3 Å². The van der Waals surface area contributed by atoms with Crippen LogP contribution in [0, 0.1) is 5.92 Å². The molecule has 0 saturated carbocycles. The van der Waals surface area contributed by atoms with Crippen LogP contribution in [0.2, 0.25) is 0 Å². The lowest BCUT2D eigenvalue weighted by Gasteiger charge is -2.28. The molecular formula is C15H24N2O3S. The average Bonchev–Trinajstić information content (AvgIpc) is 2.96. The molecule has 1 aromatic rings. The molecule has 6 heteroatoms. The van der Waals surface area contributed by atoms with Gasteiger partial charge in [-0.25, -0.2) is 4.79 Å². The number of nitrogens with one attached hydrogen (secondary N) is 1. The van der Waals surface area contributed by atoms with E-state index in [1.807, 2.05) is 18.4 Å². The van der Waals surface area contributed by atoms with Gasteiger partial charge in [-0.1, -0.05) is 26.8 Å². The van der Waals surface area contributed by atoms with E-state index >= 15 is 0 Å². The van der Waals surface area contributed by atoms with Crippen LogP contribution in [-0.4, -0.2) is 41.6 Å². The van der Waals surface area contributed by atoms with Gasteiger partial charge in [-0.2, -0.15) is 0 Å². The van der Waals surface area contributed by atoms with Crippen molar-refractivity contribution in [3.63, 3.8) is 0 Å². The summed E-state index contributed by atoms with van der Waals surface area (Å²) in [7, 11) is 0. The lowest BCUT2D eigenvalue weighted by atomic mass is 9.91. The molecule has 118 valence electrons. The Balaban J connectivity index is 2.57. The second kappa shape index (κ2) is 7.45. The van der Waals surface area contributed by atoms with Crippen LogP contribution in [0.25, 0.3) is 0 Å². The summed E-state index contributed by atoms with van der Waals surface area (Å²) in [6.45, 7) is 8.83. The maximum Gasteiger partial charge on any atom is 0.317 e. The minimum absolute atomic E-state index is 0.137. The highest BCUT2D eigenvalue weighted by Gasteiger charge is 2.24. The van der Waals surface area contributed by atoms with Crippen LogP contribution < -0.4 is 5.32 Å². The second-order valence-corrected chi connectivity index (χ2v) is 6.75. The van der Waals surface area contributed by atoms with Crippen molar-refractivity contribution < 1.29 is 14.7 Å². The predicted molar refractivity (Wildman–Crippen MR) is 84.8 cm³/mol. The molecule has 0 aliphatic rings. The van der Waals surface area contributed by atoms with Gasteiger partial charge < -0.3 is 15.3 Å². The smallest absolute Gasteiger partial charge is 0.317 e. The van der Waals surface area contributed by atoms with E-state index in [0.29, 0.717) is 13.1 Å². The third-order valence-electron chi connectivity index (χ3n) is 3.45. The summed E-state index contributed by atoms with van der Waals surface area (Å²) in [6.07, 6.45) is 0. The van der Waals surface area contributed by atoms with E-state index < -0.39 is 11.9 Å². The lowest BCUT2D eigenvalue weighted by molar-refractivity contribution is -0.141. The van der Waals surface area contributed by atoms with Gasteiger partial charge in [0, 0.05) is 29.9 Å². The number of thiophene rings is 1. The van der Waals surface area contributed by atoms with Crippen LogP contribution in [0.5, 0.6) is 0 Å². The normalized spacial score (nSPS) is 12.8. The third-order valence-corrected chi connectivity index (χ3v) is 4.69. The van der Waals surface area contributed by atoms with Gasteiger partial charge in [-0.15, -0.1) is 11.3 Å². The molecule has 2 amide bonds. The fourth-order valence-corrected chi connectivity index (χ4v) is 2.78. The van der Waals surface area contributed by atoms with E-state index in [0.717, 1.165) is 0 Å². The first-order chi connectivity index (χ1) is 9.77. The van der Waals surface area contributed by atoms with Crippen molar-refractivity contribution in [3.05, 3.63) is 22.4 Å². The topological polar surface area (TPSA) is 69.6 Å². The van der Waals surface area contributed by atoms with Gasteiger partial charge >= 0.3 is 12.0 Å². The zero-order chi connectivity index (χ0) is 16.0. The Morgan fingerprint density at radius 2 is 2.14 bits per heavy atom. The summed E-state index contributed by atoms with van der Waals surface area (Å²) < 4.78 is 0. The van der Waals surface area contributed by atoms with Crippen LogP contribution in [-0.2, 0) is 10.2 Å². The monoisotopic (exact) mass is 312 g/mol. The van der Waals surface area contributed by atoms with Gasteiger partial charge in [-0.05, 0) is 18.4 Å². The average molecular weight is 312 g/mol. The Morgan fingerprint density at radius 1 is 1.48 bits per heavy atom. The van der Waals surface area contributed by atoms with E-state index in [2.05, 4.69) is 25.2 Å². The number of carboxylic acids is 1. The number of nitrogens with zero attached hydrogens (tertiary/aromatic N) is 1. The molecule has 0 fully saturated rings. The summed E-state index contributed by atoms with van der Waals surface area (Å²) in [5.41, 5.74) is -0.137.